The maximum absolute atomic E-state index is 11.8. The first-order chi connectivity index (χ1) is 8.68. The van der Waals surface area contributed by atoms with Crippen molar-refractivity contribution in [1.82, 2.24) is 5.32 Å². The average molecular weight is 250 g/mol. The third kappa shape index (κ3) is 4.13. The van der Waals surface area contributed by atoms with Crippen molar-refractivity contribution >= 4 is 5.91 Å². The van der Waals surface area contributed by atoms with E-state index in [4.69, 9.17) is 5.73 Å². The predicted octanol–water partition coefficient (Wildman–Crippen LogP) is 2.65. The van der Waals surface area contributed by atoms with Crippen LogP contribution in [0.15, 0.2) is 11.6 Å². The van der Waals surface area contributed by atoms with Crippen molar-refractivity contribution in [2.75, 3.05) is 6.54 Å². The summed E-state index contributed by atoms with van der Waals surface area (Å²) in [5, 5.41) is 3.02. The van der Waals surface area contributed by atoms with E-state index in [0.29, 0.717) is 6.42 Å². The van der Waals surface area contributed by atoms with Gasteiger partial charge in [-0.05, 0) is 44.9 Å². The summed E-state index contributed by atoms with van der Waals surface area (Å²) in [5.74, 6) is 0.135. The van der Waals surface area contributed by atoms with E-state index in [2.05, 4.69) is 11.4 Å². The molecule has 0 unspecified atom stereocenters. The van der Waals surface area contributed by atoms with E-state index in [9.17, 15) is 4.79 Å². The van der Waals surface area contributed by atoms with Gasteiger partial charge in [0.15, 0.2) is 0 Å². The van der Waals surface area contributed by atoms with Crippen LogP contribution in [-0.4, -0.2) is 18.0 Å². The van der Waals surface area contributed by atoms with Crippen LogP contribution in [0.25, 0.3) is 0 Å². The first-order valence-corrected chi connectivity index (χ1v) is 7.41. The highest BCUT2D eigenvalue weighted by Gasteiger charge is 2.31. The van der Waals surface area contributed by atoms with Crippen LogP contribution >= 0.6 is 0 Å². The Morgan fingerprint density at radius 1 is 1.28 bits per heavy atom. The van der Waals surface area contributed by atoms with Crippen LogP contribution in [0.2, 0.25) is 0 Å². The molecule has 3 heteroatoms. The molecule has 1 saturated carbocycles. The number of amides is 1. The Labute approximate surface area is 110 Å². The van der Waals surface area contributed by atoms with Gasteiger partial charge in [0, 0.05) is 18.5 Å². The third-order valence-corrected chi connectivity index (χ3v) is 4.27. The van der Waals surface area contributed by atoms with Gasteiger partial charge in [-0.3, -0.25) is 4.79 Å². The van der Waals surface area contributed by atoms with Gasteiger partial charge in [-0.2, -0.15) is 0 Å². The molecule has 0 spiro atoms. The number of nitrogens with one attached hydrogen (secondary N) is 1. The molecule has 0 aliphatic heterocycles. The highest BCUT2D eigenvalue weighted by molar-refractivity contribution is 5.77. The zero-order valence-corrected chi connectivity index (χ0v) is 11.3. The number of carbonyl (C=O) groups is 1. The molecule has 0 radical (unpaired) electrons. The fourth-order valence-corrected chi connectivity index (χ4v) is 3.13. The van der Waals surface area contributed by atoms with Gasteiger partial charge in [0.05, 0.1) is 0 Å². The van der Waals surface area contributed by atoms with Crippen molar-refractivity contribution in [3.8, 4) is 0 Å². The minimum Gasteiger partial charge on any atom is -0.356 e. The van der Waals surface area contributed by atoms with Crippen molar-refractivity contribution in [2.24, 2.45) is 5.73 Å². The van der Waals surface area contributed by atoms with Crippen LogP contribution in [0.4, 0.5) is 0 Å². The Hall–Kier alpha value is -0.830. The molecule has 2 rings (SSSR count). The van der Waals surface area contributed by atoms with E-state index in [1.165, 1.54) is 44.1 Å². The average Bonchev–Trinajstić information content (AvgIpc) is 2.77. The van der Waals surface area contributed by atoms with E-state index >= 15 is 0 Å². The molecule has 18 heavy (non-hydrogen) atoms. The van der Waals surface area contributed by atoms with Crippen molar-refractivity contribution in [1.29, 1.82) is 0 Å². The van der Waals surface area contributed by atoms with Gasteiger partial charge in [-0.15, -0.1) is 0 Å². The van der Waals surface area contributed by atoms with E-state index < -0.39 is 0 Å². The smallest absolute Gasteiger partial charge is 0.221 e. The molecule has 0 aromatic rings. The lowest BCUT2D eigenvalue weighted by Crippen LogP contribution is -2.42. The van der Waals surface area contributed by atoms with E-state index in [1.54, 1.807) is 0 Å². The molecule has 3 N–H and O–H groups in total. The van der Waals surface area contributed by atoms with Crippen molar-refractivity contribution in [3.05, 3.63) is 11.6 Å². The number of allylic oxidation sites excluding steroid dienone is 1. The zero-order valence-electron chi connectivity index (χ0n) is 11.3. The number of nitrogens with two attached hydrogens (primary N) is 1. The van der Waals surface area contributed by atoms with Crippen LogP contribution < -0.4 is 11.1 Å². The van der Waals surface area contributed by atoms with Crippen LogP contribution in [0, 0.1) is 0 Å². The molecule has 2 aliphatic carbocycles. The van der Waals surface area contributed by atoms with Gasteiger partial charge < -0.3 is 11.1 Å². The van der Waals surface area contributed by atoms with Gasteiger partial charge in [0.1, 0.15) is 0 Å². The largest absolute Gasteiger partial charge is 0.356 e. The topological polar surface area (TPSA) is 55.1 Å². The monoisotopic (exact) mass is 250 g/mol. The summed E-state index contributed by atoms with van der Waals surface area (Å²) < 4.78 is 0. The molecule has 1 fully saturated rings. The van der Waals surface area contributed by atoms with Gasteiger partial charge >= 0.3 is 0 Å². The Bertz CT molecular complexity index is 316. The molecule has 0 saturated heterocycles. The van der Waals surface area contributed by atoms with E-state index in [-0.39, 0.29) is 11.4 Å². The molecule has 0 bridgehead atoms. The summed E-state index contributed by atoms with van der Waals surface area (Å²) in [6.07, 6.45) is 13.3. The highest BCUT2D eigenvalue weighted by atomic mass is 16.1. The van der Waals surface area contributed by atoms with Gasteiger partial charge in [-0.25, -0.2) is 0 Å². The van der Waals surface area contributed by atoms with Crippen molar-refractivity contribution in [3.63, 3.8) is 0 Å². The van der Waals surface area contributed by atoms with Crippen molar-refractivity contribution in [2.45, 2.75) is 69.7 Å². The maximum atomic E-state index is 11.8. The maximum Gasteiger partial charge on any atom is 0.221 e. The lowest BCUT2D eigenvalue weighted by atomic mass is 9.94. The lowest BCUT2D eigenvalue weighted by molar-refractivity contribution is -0.122. The number of carbonyl (C=O) groups excluding carboxylic acids is 1. The highest BCUT2D eigenvalue weighted by Crippen LogP contribution is 2.29. The molecule has 0 heterocycles. The minimum atomic E-state index is -0.214. The lowest BCUT2D eigenvalue weighted by Gasteiger charge is -2.22. The summed E-state index contributed by atoms with van der Waals surface area (Å²) in [6, 6.07) is 0. The second kappa shape index (κ2) is 6.37. The van der Waals surface area contributed by atoms with Crippen molar-refractivity contribution < 1.29 is 4.79 Å². The quantitative estimate of drug-likeness (QED) is 0.737. The summed E-state index contributed by atoms with van der Waals surface area (Å²) in [6.45, 7) is 0.779. The first-order valence-electron chi connectivity index (χ1n) is 7.41. The summed E-state index contributed by atoms with van der Waals surface area (Å²) in [4.78, 5) is 11.8. The first kappa shape index (κ1) is 13.6. The normalized spacial score (nSPS) is 22.6. The number of rotatable bonds is 5. The summed E-state index contributed by atoms with van der Waals surface area (Å²) in [7, 11) is 0. The SMILES string of the molecule is NC1(CC(=O)NCCC2=CCCCC2)CCCC1. The molecular weight excluding hydrogens is 224 g/mol. The van der Waals surface area contributed by atoms with Crippen LogP contribution in [0.1, 0.15) is 64.2 Å². The second-order valence-corrected chi connectivity index (χ2v) is 5.95. The summed E-state index contributed by atoms with van der Waals surface area (Å²) in [5.41, 5.74) is 7.51. The minimum absolute atomic E-state index is 0.135. The van der Waals surface area contributed by atoms with Crippen LogP contribution in [0.3, 0.4) is 0 Å². The molecule has 2 aliphatic rings. The molecule has 0 aromatic heterocycles. The Kier molecular flexibility index (Phi) is 4.81. The fourth-order valence-electron chi connectivity index (χ4n) is 3.13. The van der Waals surface area contributed by atoms with E-state index in [1.807, 2.05) is 0 Å². The predicted molar refractivity (Wildman–Crippen MR) is 74.2 cm³/mol. The molecule has 102 valence electrons. The Morgan fingerprint density at radius 2 is 2.06 bits per heavy atom. The number of hydrogen-bond donors (Lipinski definition) is 2. The van der Waals surface area contributed by atoms with Crippen LogP contribution in [0.5, 0.6) is 0 Å². The van der Waals surface area contributed by atoms with Crippen LogP contribution in [-0.2, 0) is 4.79 Å². The zero-order chi connectivity index (χ0) is 12.8. The standard InChI is InChI=1S/C15H26N2O/c16-15(9-4-5-10-15)12-14(18)17-11-8-13-6-2-1-3-7-13/h6H,1-5,7-12,16H2,(H,17,18). The van der Waals surface area contributed by atoms with Gasteiger partial charge in [-0.1, -0.05) is 24.5 Å². The molecular formula is C15H26N2O. The number of hydrogen-bond acceptors (Lipinski definition) is 2. The van der Waals surface area contributed by atoms with Gasteiger partial charge in [0.25, 0.3) is 0 Å². The third-order valence-electron chi connectivity index (χ3n) is 4.27. The second-order valence-electron chi connectivity index (χ2n) is 5.95. The van der Waals surface area contributed by atoms with E-state index in [0.717, 1.165) is 25.8 Å². The molecule has 3 nitrogen and oxygen atoms in total. The molecule has 0 atom stereocenters. The fraction of sp³-hybridized carbons (Fsp3) is 0.800. The van der Waals surface area contributed by atoms with Gasteiger partial charge in [0.2, 0.25) is 5.91 Å². The Balaban J connectivity index is 1.64. The molecule has 0 aromatic carbocycles. The Morgan fingerprint density at radius 3 is 2.72 bits per heavy atom. The summed E-state index contributed by atoms with van der Waals surface area (Å²) >= 11 is 0. The molecule has 1 amide bonds.